The van der Waals surface area contributed by atoms with Gasteiger partial charge in [0, 0.05) is 56.9 Å². The van der Waals surface area contributed by atoms with Gasteiger partial charge in [-0.2, -0.15) is 0 Å². The number of aromatic nitrogens is 3. The average molecular weight is 444 g/mol. The first-order chi connectivity index (χ1) is 13.5. The van der Waals surface area contributed by atoms with Crippen LogP contribution in [0.4, 0.5) is 0 Å². The van der Waals surface area contributed by atoms with Gasteiger partial charge in [0.1, 0.15) is 0 Å². The highest BCUT2D eigenvalue weighted by Gasteiger charge is 2.20. The molecule has 1 aliphatic rings. The Morgan fingerprint density at radius 3 is 2.50 bits per heavy atom. The summed E-state index contributed by atoms with van der Waals surface area (Å²) in [7, 11) is 0. The van der Waals surface area contributed by atoms with Gasteiger partial charge in [0.05, 0.1) is 11.2 Å². The lowest BCUT2D eigenvalue weighted by Crippen LogP contribution is -2.48. The Balaban J connectivity index is 1.62. The largest absolute Gasteiger partial charge is 0.340 e. The number of pyridine rings is 1. The van der Waals surface area contributed by atoms with Gasteiger partial charge in [-0.15, -0.1) is 0 Å². The van der Waals surface area contributed by atoms with E-state index in [1.807, 2.05) is 41.3 Å². The van der Waals surface area contributed by atoms with Crippen molar-refractivity contribution in [2.45, 2.75) is 13.5 Å². The second kappa shape index (κ2) is 7.89. The van der Waals surface area contributed by atoms with Gasteiger partial charge in [0.15, 0.2) is 5.65 Å². The number of nitrogens with zero attached hydrogens (tertiary/aromatic N) is 5. The summed E-state index contributed by atoms with van der Waals surface area (Å²) in [5.74, 6) is 0.123. The van der Waals surface area contributed by atoms with Crippen LogP contribution in [0.1, 0.15) is 6.92 Å². The molecule has 7 nitrogen and oxygen atoms in total. The molecule has 0 spiro atoms. The predicted molar refractivity (Wildman–Crippen MR) is 112 cm³/mol. The molecule has 1 aliphatic heterocycles. The number of hydrogen-bond donors (Lipinski definition) is 0. The first-order valence-electron chi connectivity index (χ1n) is 9.34. The molecule has 1 amide bonds. The van der Waals surface area contributed by atoms with Gasteiger partial charge in [-0.05, 0) is 34.1 Å². The maximum absolute atomic E-state index is 13.2. The maximum Gasteiger partial charge on any atom is 0.335 e. The summed E-state index contributed by atoms with van der Waals surface area (Å²) in [6, 6.07) is 11.5. The SMILES string of the molecule is CC(=O)N1CCN(CCn2c(=O)n(-c3ccccc3)c3ncc(Br)cc32)CC1. The fourth-order valence-electron chi connectivity index (χ4n) is 3.66. The molecule has 0 bridgehead atoms. The lowest BCUT2D eigenvalue weighted by atomic mass is 10.3. The summed E-state index contributed by atoms with van der Waals surface area (Å²) in [5.41, 5.74) is 2.18. The summed E-state index contributed by atoms with van der Waals surface area (Å²) in [6.45, 7) is 6.07. The topological polar surface area (TPSA) is 63.4 Å². The number of carbonyl (C=O) groups is 1. The zero-order valence-electron chi connectivity index (χ0n) is 15.7. The zero-order chi connectivity index (χ0) is 19.7. The summed E-state index contributed by atoms with van der Waals surface area (Å²) >= 11 is 3.47. The lowest BCUT2D eigenvalue weighted by Gasteiger charge is -2.34. The number of imidazole rings is 1. The second-order valence-corrected chi connectivity index (χ2v) is 7.86. The highest BCUT2D eigenvalue weighted by molar-refractivity contribution is 9.10. The van der Waals surface area contributed by atoms with Crippen molar-refractivity contribution in [3.8, 4) is 5.69 Å². The molecule has 0 N–H and O–H groups in total. The fourth-order valence-corrected chi connectivity index (χ4v) is 3.98. The quantitative estimate of drug-likeness (QED) is 0.619. The van der Waals surface area contributed by atoms with Crippen molar-refractivity contribution in [3.63, 3.8) is 0 Å². The molecule has 1 saturated heterocycles. The van der Waals surface area contributed by atoms with Crippen LogP contribution in [0.2, 0.25) is 0 Å². The number of rotatable bonds is 4. The summed E-state index contributed by atoms with van der Waals surface area (Å²) < 4.78 is 4.29. The van der Waals surface area contributed by atoms with Crippen molar-refractivity contribution < 1.29 is 4.79 Å². The van der Waals surface area contributed by atoms with Crippen LogP contribution in [-0.4, -0.2) is 62.5 Å². The Morgan fingerprint density at radius 2 is 1.82 bits per heavy atom. The fraction of sp³-hybridized carbons (Fsp3) is 0.350. The van der Waals surface area contributed by atoms with Crippen LogP contribution < -0.4 is 5.69 Å². The highest BCUT2D eigenvalue weighted by atomic mass is 79.9. The minimum Gasteiger partial charge on any atom is -0.340 e. The van der Waals surface area contributed by atoms with Gasteiger partial charge >= 0.3 is 5.69 Å². The Kier molecular flexibility index (Phi) is 5.32. The van der Waals surface area contributed by atoms with Crippen molar-refractivity contribution in [1.82, 2.24) is 23.9 Å². The van der Waals surface area contributed by atoms with Crippen LogP contribution in [0.3, 0.4) is 0 Å². The minimum absolute atomic E-state index is 0.0887. The van der Waals surface area contributed by atoms with E-state index in [1.165, 1.54) is 0 Å². The monoisotopic (exact) mass is 443 g/mol. The number of halogens is 1. The van der Waals surface area contributed by atoms with Gasteiger partial charge in [-0.1, -0.05) is 18.2 Å². The first kappa shape index (κ1) is 18.9. The van der Waals surface area contributed by atoms with E-state index in [9.17, 15) is 9.59 Å². The smallest absolute Gasteiger partial charge is 0.335 e. The van der Waals surface area contributed by atoms with E-state index >= 15 is 0 Å². The normalized spacial score (nSPS) is 15.3. The van der Waals surface area contributed by atoms with E-state index in [-0.39, 0.29) is 11.6 Å². The molecule has 3 aromatic rings. The molecule has 4 rings (SSSR count). The Labute approximate surface area is 171 Å². The summed E-state index contributed by atoms with van der Waals surface area (Å²) in [4.78, 5) is 33.4. The highest BCUT2D eigenvalue weighted by Crippen LogP contribution is 2.19. The summed E-state index contributed by atoms with van der Waals surface area (Å²) in [5, 5.41) is 0. The number of piperazine rings is 1. The van der Waals surface area contributed by atoms with E-state index in [0.717, 1.165) is 48.4 Å². The Morgan fingerprint density at radius 1 is 1.11 bits per heavy atom. The van der Waals surface area contributed by atoms with Gasteiger partial charge in [0.25, 0.3) is 0 Å². The van der Waals surface area contributed by atoms with Crippen LogP contribution in [0.5, 0.6) is 0 Å². The number of amides is 1. The molecular weight excluding hydrogens is 422 g/mol. The van der Waals surface area contributed by atoms with E-state index in [1.54, 1.807) is 22.3 Å². The van der Waals surface area contributed by atoms with Crippen molar-refractivity contribution in [3.05, 3.63) is 57.6 Å². The van der Waals surface area contributed by atoms with Gasteiger partial charge < -0.3 is 4.90 Å². The van der Waals surface area contributed by atoms with E-state index in [2.05, 4.69) is 25.8 Å². The van der Waals surface area contributed by atoms with Crippen molar-refractivity contribution in [1.29, 1.82) is 0 Å². The molecule has 0 radical (unpaired) electrons. The van der Waals surface area contributed by atoms with Crippen LogP contribution in [0.15, 0.2) is 51.9 Å². The average Bonchev–Trinajstić information content (AvgIpc) is 2.98. The molecule has 28 heavy (non-hydrogen) atoms. The Bertz CT molecular complexity index is 1050. The third kappa shape index (κ3) is 3.62. The lowest BCUT2D eigenvalue weighted by molar-refractivity contribution is -0.130. The number of benzene rings is 1. The van der Waals surface area contributed by atoms with Gasteiger partial charge in [0.2, 0.25) is 5.91 Å². The van der Waals surface area contributed by atoms with E-state index in [4.69, 9.17) is 0 Å². The second-order valence-electron chi connectivity index (χ2n) is 6.95. The van der Waals surface area contributed by atoms with E-state index < -0.39 is 0 Å². The van der Waals surface area contributed by atoms with Crippen molar-refractivity contribution in [2.24, 2.45) is 0 Å². The molecule has 146 valence electrons. The molecule has 0 aliphatic carbocycles. The molecule has 1 fully saturated rings. The Hall–Kier alpha value is -2.45. The molecule has 0 atom stereocenters. The number of para-hydroxylation sites is 1. The molecule has 1 aromatic carbocycles. The standard InChI is InChI=1S/C20H22BrN5O2/c1-15(27)24-10-7-23(8-11-24)9-12-25-18-13-16(21)14-22-19(18)26(20(25)28)17-5-3-2-4-6-17/h2-6,13-14H,7-12H2,1H3. The summed E-state index contributed by atoms with van der Waals surface area (Å²) in [6.07, 6.45) is 1.71. The van der Waals surface area contributed by atoms with Crippen molar-refractivity contribution >= 4 is 33.0 Å². The van der Waals surface area contributed by atoms with Crippen molar-refractivity contribution in [2.75, 3.05) is 32.7 Å². The first-order valence-corrected chi connectivity index (χ1v) is 10.1. The van der Waals surface area contributed by atoms with E-state index in [0.29, 0.717) is 12.2 Å². The third-order valence-electron chi connectivity index (χ3n) is 5.21. The molecule has 3 heterocycles. The van der Waals surface area contributed by atoms with Gasteiger partial charge in [-0.25, -0.2) is 14.3 Å². The molecule has 0 saturated carbocycles. The molecule has 2 aromatic heterocycles. The molecular formula is C20H22BrN5O2. The maximum atomic E-state index is 13.2. The van der Waals surface area contributed by atoms with Crippen LogP contribution in [-0.2, 0) is 11.3 Å². The number of hydrogen-bond acceptors (Lipinski definition) is 4. The molecule has 0 unspecified atom stereocenters. The van der Waals surface area contributed by atoms with Gasteiger partial charge in [-0.3, -0.25) is 14.3 Å². The zero-order valence-corrected chi connectivity index (χ0v) is 17.3. The number of fused-ring (bicyclic) bond motifs is 1. The number of carbonyl (C=O) groups excluding carboxylic acids is 1. The van der Waals surface area contributed by atoms with Crippen LogP contribution in [0, 0.1) is 0 Å². The molecule has 8 heteroatoms. The third-order valence-corrected chi connectivity index (χ3v) is 5.64. The predicted octanol–water partition coefficient (Wildman–Crippen LogP) is 2.11. The minimum atomic E-state index is -0.0887. The van der Waals surface area contributed by atoms with Crippen LogP contribution in [0.25, 0.3) is 16.9 Å². The van der Waals surface area contributed by atoms with Crippen LogP contribution >= 0.6 is 15.9 Å².